The van der Waals surface area contributed by atoms with Crippen LogP contribution in [0.4, 0.5) is 0 Å². The second-order valence-electron chi connectivity index (χ2n) is 4.01. The monoisotopic (exact) mass is 274 g/mol. The van der Waals surface area contributed by atoms with Crippen LogP contribution in [0, 0.1) is 0 Å². The van der Waals surface area contributed by atoms with Crippen LogP contribution in [0.1, 0.15) is 12.5 Å². The Morgan fingerprint density at radius 3 is 2.45 bits per heavy atom. The molecule has 0 bridgehead atoms. The van der Waals surface area contributed by atoms with Crippen LogP contribution in [0.5, 0.6) is 11.5 Å². The third-order valence-corrected chi connectivity index (χ3v) is 2.43. The van der Waals surface area contributed by atoms with Gasteiger partial charge >= 0.3 is 0 Å². The molecule has 0 fully saturated rings. The second kappa shape index (κ2) is 7.84. The molecule has 0 saturated heterocycles. The molecule has 0 aromatic heterocycles. The van der Waals surface area contributed by atoms with Crippen LogP contribution in [0.15, 0.2) is 48.3 Å². The number of hydrogen-bond donors (Lipinski definition) is 1. The van der Waals surface area contributed by atoms with Crippen LogP contribution < -0.4 is 9.47 Å². The van der Waals surface area contributed by atoms with Crippen molar-refractivity contribution in [2.75, 3.05) is 14.2 Å². The summed E-state index contributed by atoms with van der Waals surface area (Å²) in [5.41, 5.74) is 0.933. The Bertz CT molecular complexity index is 554. The van der Waals surface area contributed by atoms with Gasteiger partial charge in [-0.1, -0.05) is 24.3 Å². The first kappa shape index (κ1) is 15.6. The molecule has 0 amide bonds. The topological polar surface area (TPSA) is 55.8 Å². The van der Waals surface area contributed by atoms with Gasteiger partial charge in [-0.25, -0.2) is 0 Å². The summed E-state index contributed by atoms with van der Waals surface area (Å²) in [7, 11) is 3.16. The molecule has 0 atom stereocenters. The number of carbonyl (C=O) groups is 1. The van der Waals surface area contributed by atoms with Crippen molar-refractivity contribution in [3.63, 3.8) is 0 Å². The van der Waals surface area contributed by atoms with Gasteiger partial charge in [0.05, 0.1) is 14.2 Å². The molecule has 1 N–H and O–H groups in total. The summed E-state index contributed by atoms with van der Waals surface area (Å²) in [6.07, 6.45) is 7.84. The Morgan fingerprint density at radius 1 is 1.15 bits per heavy atom. The van der Waals surface area contributed by atoms with E-state index in [4.69, 9.17) is 9.47 Å². The summed E-state index contributed by atoms with van der Waals surface area (Å²) < 4.78 is 10.4. The van der Waals surface area contributed by atoms with E-state index in [1.807, 2.05) is 24.3 Å². The summed E-state index contributed by atoms with van der Waals surface area (Å²) in [6.45, 7) is 1.38. The molecule has 0 spiro atoms. The smallest absolute Gasteiger partial charge is 0.161 e. The summed E-state index contributed by atoms with van der Waals surface area (Å²) in [5.74, 6) is 1.05. The summed E-state index contributed by atoms with van der Waals surface area (Å²) in [5, 5.41) is 9.35. The van der Waals surface area contributed by atoms with Gasteiger partial charge in [0.2, 0.25) is 0 Å². The number of carbonyl (C=O) groups excluding carboxylic acids is 1. The fraction of sp³-hybridized carbons (Fsp3) is 0.188. The molecule has 0 aliphatic heterocycles. The fourth-order valence-corrected chi connectivity index (χ4v) is 1.53. The zero-order valence-corrected chi connectivity index (χ0v) is 11.8. The maximum Gasteiger partial charge on any atom is 0.161 e. The highest BCUT2D eigenvalue weighted by atomic mass is 16.5. The number of ether oxygens (including phenoxy) is 2. The molecule has 0 heterocycles. The minimum atomic E-state index is -0.198. The zero-order valence-electron chi connectivity index (χ0n) is 11.8. The molecule has 1 aromatic rings. The summed E-state index contributed by atoms with van der Waals surface area (Å²) in [6, 6.07) is 5.54. The molecular formula is C16H18O4. The predicted octanol–water partition coefficient (Wildman–Crippen LogP) is 3.30. The summed E-state index contributed by atoms with van der Waals surface area (Å²) in [4.78, 5) is 10.7. The first-order chi connectivity index (χ1) is 9.56. The largest absolute Gasteiger partial charge is 0.508 e. The predicted molar refractivity (Wildman–Crippen MR) is 79.1 cm³/mol. The minimum Gasteiger partial charge on any atom is -0.508 e. The lowest BCUT2D eigenvalue weighted by molar-refractivity contribution is -0.112. The standard InChI is InChI=1S/C16H18O4/c1-12(17)10-14(18)7-5-4-6-13-8-9-15(19-2)16(11-13)20-3/h4-11,18H,1-3H3. The lowest BCUT2D eigenvalue weighted by atomic mass is 10.2. The van der Waals surface area contributed by atoms with Crippen molar-refractivity contribution in [1.82, 2.24) is 0 Å². The highest BCUT2D eigenvalue weighted by Crippen LogP contribution is 2.27. The van der Waals surface area contributed by atoms with E-state index < -0.39 is 0 Å². The molecule has 1 aromatic carbocycles. The normalized spacial score (nSPS) is 12.1. The average molecular weight is 274 g/mol. The van der Waals surface area contributed by atoms with Crippen LogP contribution in [0.25, 0.3) is 6.08 Å². The molecule has 0 unspecified atom stereocenters. The Labute approximate surface area is 118 Å². The van der Waals surface area contributed by atoms with Crippen molar-refractivity contribution >= 4 is 11.9 Å². The van der Waals surface area contributed by atoms with Crippen LogP contribution in [-0.4, -0.2) is 25.1 Å². The summed E-state index contributed by atoms with van der Waals surface area (Å²) >= 11 is 0. The number of allylic oxidation sites excluding steroid dienone is 4. The van der Waals surface area contributed by atoms with Gasteiger partial charge in [0.25, 0.3) is 0 Å². The van der Waals surface area contributed by atoms with Gasteiger partial charge in [-0.15, -0.1) is 0 Å². The van der Waals surface area contributed by atoms with Crippen molar-refractivity contribution in [3.05, 3.63) is 53.8 Å². The molecule has 106 valence electrons. The highest BCUT2D eigenvalue weighted by Gasteiger charge is 2.01. The van der Waals surface area contributed by atoms with Crippen LogP contribution >= 0.6 is 0 Å². The van der Waals surface area contributed by atoms with Gasteiger partial charge < -0.3 is 14.6 Å². The fourth-order valence-electron chi connectivity index (χ4n) is 1.53. The van der Waals surface area contributed by atoms with Crippen LogP contribution in [-0.2, 0) is 4.79 Å². The number of benzene rings is 1. The lowest BCUT2D eigenvalue weighted by Crippen LogP contribution is -1.90. The first-order valence-corrected chi connectivity index (χ1v) is 6.05. The third kappa shape index (κ3) is 5.02. The molecule has 1 rings (SSSR count). The van der Waals surface area contributed by atoms with E-state index in [-0.39, 0.29) is 11.5 Å². The van der Waals surface area contributed by atoms with Gasteiger partial charge in [0.1, 0.15) is 5.76 Å². The van der Waals surface area contributed by atoms with Crippen LogP contribution in [0.3, 0.4) is 0 Å². The number of aliphatic hydroxyl groups is 1. The zero-order chi connectivity index (χ0) is 15.0. The van der Waals surface area contributed by atoms with Crippen LogP contribution in [0.2, 0.25) is 0 Å². The molecule has 4 heteroatoms. The Kier molecular flexibility index (Phi) is 6.10. The van der Waals surface area contributed by atoms with Gasteiger partial charge in [-0.3, -0.25) is 4.79 Å². The van der Waals surface area contributed by atoms with E-state index in [0.717, 1.165) is 11.6 Å². The van der Waals surface area contributed by atoms with E-state index in [2.05, 4.69) is 0 Å². The van der Waals surface area contributed by atoms with Gasteiger partial charge in [0.15, 0.2) is 17.3 Å². The number of hydrogen-bond acceptors (Lipinski definition) is 4. The molecule has 0 saturated carbocycles. The average Bonchev–Trinajstić information content (AvgIpc) is 2.42. The maximum absolute atomic E-state index is 10.7. The third-order valence-electron chi connectivity index (χ3n) is 2.43. The first-order valence-electron chi connectivity index (χ1n) is 6.05. The lowest BCUT2D eigenvalue weighted by Gasteiger charge is -2.07. The number of methoxy groups -OCH3 is 2. The van der Waals surface area contributed by atoms with Gasteiger partial charge in [-0.2, -0.15) is 0 Å². The van der Waals surface area contributed by atoms with Crippen molar-refractivity contribution < 1.29 is 19.4 Å². The Balaban J connectivity index is 2.76. The Hall–Kier alpha value is -2.49. The second-order valence-corrected chi connectivity index (χ2v) is 4.01. The van der Waals surface area contributed by atoms with E-state index in [1.165, 1.54) is 13.0 Å². The SMILES string of the molecule is COc1ccc(C=CC=CC(O)=CC(C)=O)cc1OC. The molecule has 20 heavy (non-hydrogen) atoms. The van der Waals surface area contributed by atoms with Crippen molar-refractivity contribution in [3.8, 4) is 11.5 Å². The Morgan fingerprint density at radius 2 is 1.85 bits per heavy atom. The molecular weight excluding hydrogens is 256 g/mol. The molecule has 4 nitrogen and oxygen atoms in total. The van der Waals surface area contributed by atoms with Crippen molar-refractivity contribution in [2.45, 2.75) is 6.92 Å². The number of rotatable bonds is 6. The molecule has 0 radical (unpaired) electrons. The maximum atomic E-state index is 10.7. The minimum absolute atomic E-state index is 0.0746. The highest BCUT2D eigenvalue weighted by molar-refractivity contribution is 5.88. The van der Waals surface area contributed by atoms with Gasteiger partial charge in [-0.05, 0) is 30.7 Å². The van der Waals surface area contributed by atoms with E-state index in [9.17, 15) is 9.90 Å². The quantitative estimate of drug-likeness (QED) is 0.491. The van der Waals surface area contributed by atoms with E-state index in [0.29, 0.717) is 11.5 Å². The van der Waals surface area contributed by atoms with E-state index in [1.54, 1.807) is 26.4 Å². The molecule has 0 aliphatic carbocycles. The number of aliphatic hydroxyl groups excluding tert-OH is 1. The number of ketones is 1. The molecule has 0 aliphatic rings. The van der Waals surface area contributed by atoms with Gasteiger partial charge in [0, 0.05) is 6.08 Å². The van der Waals surface area contributed by atoms with Crippen molar-refractivity contribution in [2.24, 2.45) is 0 Å². The van der Waals surface area contributed by atoms with Crippen molar-refractivity contribution in [1.29, 1.82) is 0 Å². The van der Waals surface area contributed by atoms with E-state index >= 15 is 0 Å².